The van der Waals surface area contributed by atoms with Crippen LogP contribution in [0.2, 0.25) is 0 Å². The zero-order valence-electron chi connectivity index (χ0n) is 22.5. The molecule has 0 unspecified atom stereocenters. The Bertz CT molecular complexity index is 958. The van der Waals surface area contributed by atoms with Gasteiger partial charge in [-0.05, 0) is 46.0 Å². The topological polar surface area (TPSA) is 69.0 Å². The predicted molar refractivity (Wildman–Crippen MR) is 133 cm³/mol. The fourth-order valence-corrected chi connectivity index (χ4v) is 6.45. The Labute approximate surface area is 217 Å². The number of carbonyl (C=O) groups excluding carboxylic acids is 1. The van der Waals surface area contributed by atoms with Crippen molar-refractivity contribution in [3.8, 4) is 0 Å². The molecule has 5 rings (SSSR count). The molecule has 2 aliphatic heterocycles. The Morgan fingerprint density at radius 1 is 1.11 bits per heavy atom. The molecule has 11 heteroatoms. The van der Waals surface area contributed by atoms with Crippen LogP contribution in [-0.2, 0) is 5.41 Å². The van der Waals surface area contributed by atoms with Gasteiger partial charge in [-0.2, -0.15) is 4.98 Å². The second-order valence-electron chi connectivity index (χ2n) is 12.1. The molecule has 0 spiro atoms. The molecule has 0 radical (unpaired) electrons. The Morgan fingerprint density at radius 2 is 1.76 bits per heavy atom. The van der Waals surface area contributed by atoms with Crippen molar-refractivity contribution in [1.82, 2.24) is 29.7 Å². The zero-order valence-corrected chi connectivity index (χ0v) is 22.5. The largest absolute Gasteiger partial charge is 0.339 e. The number of hydrogen-bond acceptors (Lipinski definition) is 6. The molecule has 1 aromatic rings. The van der Waals surface area contributed by atoms with Crippen LogP contribution in [0.25, 0.3) is 0 Å². The highest BCUT2D eigenvalue weighted by Gasteiger charge is 2.53. The molecule has 37 heavy (non-hydrogen) atoms. The van der Waals surface area contributed by atoms with Crippen LogP contribution in [-0.4, -0.2) is 112 Å². The van der Waals surface area contributed by atoms with Crippen molar-refractivity contribution in [1.29, 1.82) is 0 Å². The normalized spacial score (nSPS) is 32.5. The summed E-state index contributed by atoms with van der Waals surface area (Å²) in [5, 5.41) is 4.11. The summed E-state index contributed by atoms with van der Waals surface area (Å²) in [4.78, 5) is 25.6. The van der Waals surface area contributed by atoms with Gasteiger partial charge >= 0.3 is 6.03 Å². The molecule has 2 saturated carbocycles. The highest BCUT2D eigenvalue weighted by atomic mass is 19.3. The van der Waals surface area contributed by atoms with Crippen LogP contribution in [0, 0.1) is 0 Å². The van der Waals surface area contributed by atoms with E-state index in [0.29, 0.717) is 63.0 Å². The fourth-order valence-electron chi connectivity index (χ4n) is 6.45. The van der Waals surface area contributed by atoms with E-state index in [1.807, 2.05) is 6.92 Å². The standard InChI is InChI=1S/C26H41F3N6O2/c1-17(2)33-12-14-34(15-13-33)20-6-5-7-26(28,29)21(20)32(4)24(36)35-10-8-25(3,9-11-35)23-30-22(37-31-23)18-16-19(18)27/h17-21H,5-16H2,1-4H3/t18-,19+,20+,21-/m1/s1. The summed E-state index contributed by atoms with van der Waals surface area (Å²) in [6, 6.07) is -1.39. The van der Waals surface area contributed by atoms with Crippen molar-refractivity contribution < 1.29 is 22.5 Å². The van der Waals surface area contributed by atoms with Gasteiger partial charge in [-0.15, -0.1) is 0 Å². The number of alkyl halides is 3. The summed E-state index contributed by atoms with van der Waals surface area (Å²) in [6.07, 6.45) is 1.67. The molecular weight excluding hydrogens is 485 g/mol. The number of nitrogens with zero attached hydrogens (tertiary/aromatic N) is 6. The molecule has 2 aliphatic carbocycles. The van der Waals surface area contributed by atoms with E-state index in [1.54, 1.807) is 11.9 Å². The lowest BCUT2D eigenvalue weighted by molar-refractivity contribution is -0.127. The number of likely N-dealkylation sites (N-methyl/N-ethyl adjacent to an activating group) is 1. The lowest BCUT2D eigenvalue weighted by Gasteiger charge is -2.50. The number of piperazine rings is 1. The first-order chi connectivity index (χ1) is 17.5. The Morgan fingerprint density at radius 3 is 2.35 bits per heavy atom. The smallest absolute Gasteiger partial charge is 0.320 e. The molecule has 1 aromatic heterocycles. The highest BCUT2D eigenvalue weighted by molar-refractivity contribution is 5.75. The lowest BCUT2D eigenvalue weighted by Crippen LogP contribution is -2.66. The van der Waals surface area contributed by atoms with Crippen LogP contribution >= 0.6 is 0 Å². The Hall–Kier alpha value is -1.88. The third-order valence-corrected chi connectivity index (χ3v) is 9.22. The fraction of sp³-hybridized carbons (Fsp3) is 0.885. The van der Waals surface area contributed by atoms with Gasteiger partial charge in [0.1, 0.15) is 12.2 Å². The van der Waals surface area contributed by atoms with Crippen LogP contribution in [0.15, 0.2) is 4.52 Å². The molecule has 8 nitrogen and oxygen atoms in total. The van der Waals surface area contributed by atoms with Gasteiger partial charge in [-0.25, -0.2) is 18.0 Å². The van der Waals surface area contributed by atoms with Crippen molar-refractivity contribution in [2.75, 3.05) is 46.3 Å². The van der Waals surface area contributed by atoms with Gasteiger partial charge in [-0.1, -0.05) is 12.1 Å². The molecule has 0 N–H and O–H groups in total. The van der Waals surface area contributed by atoms with E-state index in [1.165, 1.54) is 4.90 Å². The van der Waals surface area contributed by atoms with E-state index < -0.39 is 23.6 Å². The molecule has 4 fully saturated rings. The average Bonchev–Trinajstić information content (AvgIpc) is 3.38. The molecule has 3 heterocycles. The highest BCUT2D eigenvalue weighted by Crippen LogP contribution is 2.44. The number of carbonyl (C=O) groups is 1. The van der Waals surface area contributed by atoms with Gasteiger partial charge < -0.3 is 14.3 Å². The van der Waals surface area contributed by atoms with Gasteiger partial charge in [0, 0.05) is 70.2 Å². The lowest BCUT2D eigenvalue weighted by atomic mass is 9.79. The number of amides is 2. The number of hydrogen-bond donors (Lipinski definition) is 0. The maximum atomic E-state index is 15.4. The molecule has 2 amide bonds. The zero-order chi connectivity index (χ0) is 26.5. The minimum Gasteiger partial charge on any atom is -0.339 e. The third kappa shape index (κ3) is 5.22. The summed E-state index contributed by atoms with van der Waals surface area (Å²) in [7, 11) is 1.55. The first kappa shape index (κ1) is 26.7. The molecule has 0 aromatic carbocycles. The number of rotatable bonds is 5. The Balaban J connectivity index is 1.23. The number of halogens is 3. The van der Waals surface area contributed by atoms with E-state index in [-0.39, 0.29) is 24.4 Å². The van der Waals surface area contributed by atoms with Crippen molar-refractivity contribution in [2.45, 2.75) is 101 Å². The summed E-state index contributed by atoms with van der Waals surface area (Å²) in [6.45, 7) is 10.4. The minimum atomic E-state index is -2.93. The van der Waals surface area contributed by atoms with E-state index >= 15 is 8.78 Å². The number of aromatic nitrogens is 2. The molecule has 208 valence electrons. The molecule has 2 saturated heterocycles. The van der Waals surface area contributed by atoms with Gasteiger partial charge in [0.15, 0.2) is 5.82 Å². The first-order valence-corrected chi connectivity index (χ1v) is 13.9. The summed E-state index contributed by atoms with van der Waals surface area (Å²) >= 11 is 0. The first-order valence-electron chi connectivity index (χ1n) is 13.9. The maximum Gasteiger partial charge on any atom is 0.320 e. The van der Waals surface area contributed by atoms with Crippen molar-refractivity contribution >= 4 is 6.03 Å². The maximum absolute atomic E-state index is 15.4. The molecule has 4 atom stereocenters. The minimum absolute atomic E-state index is 0.184. The molecular formula is C26H41F3N6O2. The van der Waals surface area contributed by atoms with Crippen molar-refractivity contribution in [2.24, 2.45) is 0 Å². The third-order valence-electron chi connectivity index (χ3n) is 9.22. The molecule has 0 bridgehead atoms. The second-order valence-corrected chi connectivity index (χ2v) is 12.1. The van der Waals surface area contributed by atoms with E-state index in [2.05, 4.69) is 33.8 Å². The average molecular weight is 527 g/mol. The van der Waals surface area contributed by atoms with Crippen molar-refractivity contribution in [3.05, 3.63) is 11.7 Å². The Kier molecular flexibility index (Phi) is 7.23. The van der Waals surface area contributed by atoms with Crippen LogP contribution < -0.4 is 0 Å². The number of piperidine rings is 1. The van der Waals surface area contributed by atoms with Crippen molar-refractivity contribution in [3.63, 3.8) is 0 Å². The number of urea groups is 1. The SMILES string of the molecule is CC(C)N1CCN([C@H]2CCCC(F)(F)[C@@H]2N(C)C(=O)N2CCC(C)(c3noc([C@@H]4C[C@@H]4F)n3)CC2)CC1. The second kappa shape index (κ2) is 10.0. The summed E-state index contributed by atoms with van der Waals surface area (Å²) in [5.41, 5.74) is -0.398. The van der Waals surface area contributed by atoms with Crippen LogP contribution in [0.4, 0.5) is 18.0 Å². The van der Waals surface area contributed by atoms with E-state index in [9.17, 15) is 9.18 Å². The monoisotopic (exact) mass is 526 g/mol. The van der Waals surface area contributed by atoms with Gasteiger partial charge in [0.25, 0.3) is 5.92 Å². The predicted octanol–water partition coefficient (Wildman–Crippen LogP) is 3.88. The van der Waals surface area contributed by atoms with Crippen LogP contribution in [0.5, 0.6) is 0 Å². The van der Waals surface area contributed by atoms with E-state index in [4.69, 9.17) is 4.52 Å². The number of likely N-dealkylation sites (tertiary alicyclic amines) is 1. The quantitative estimate of drug-likeness (QED) is 0.580. The van der Waals surface area contributed by atoms with Crippen LogP contribution in [0.1, 0.15) is 76.9 Å². The van der Waals surface area contributed by atoms with Gasteiger partial charge in [-0.3, -0.25) is 9.80 Å². The molecule has 4 aliphatic rings. The van der Waals surface area contributed by atoms with Gasteiger partial charge in [0.2, 0.25) is 5.89 Å². The summed E-state index contributed by atoms with van der Waals surface area (Å²) in [5.74, 6) is -2.33. The summed E-state index contributed by atoms with van der Waals surface area (Å²) < 4.78 is 49.5. The van der Waals surface area contributed by atoms with Gasteiger partial charge in [0.05, 0.1) is 5.92 Å². The van der Waals surface area contributed by atoms with E-state index in [0.717, 1.165) is 26.2 Å². The van der Waals surface area contributed by atoms with Crippen LogP contribution in [0.3, 0.4) is 0 Å².